The van der Waals surface area contributed by atoms with E-state index in [0.717, 1.165) is 17.5 Å². The molecular formula is C19H17Cl2N5O2. The van der Waals surface area contributed by atoms with Crippen molar-refractivity contribution >= 4 is 46.5 Å². The fourth-order valence-corrected chi connectivity index (χ4v) is 3.13. The fraction of sp³-hybridized carbons (Fsp3) is 0.211. The molecule has 0 bridgehead atoms. The maximum atomic E-state index is 12.5. The molecule has 3 rings (SSSR count). The minimum atomic E-state index is -0.466. The zero-order valence-electron chi connectivity index (χ0n) is 15.2. The Morgan fingerprint density at radius 3 is 2.39 bits per heavy atom. The van der Waals surface area contributed by atoms with Gasteiger partial charge >= 0.3 is 0 Å². The number of carbonyl (C=O) groups is 2. The van der Waals surface area contributed by atoms with Gasteiger partial charge in [0.1, 0.15) is 11.0 Å². The highest BCUT2D eigenvalue weighted by Gasteiger charge is 2.17. The van der Waals surface area contributed by atoms with Gasteiger partial charge in [0.05, 0.1) is 5.56 Å². The van der Waals surface area contributed by atoms with Gasteiger partial charge < -0.3 is 10.6 Å². The normalized spacial score (nSPS) is 13.1. The highest BCUT2D eigenvalue weighted by atomic mass is 35.5. The summed E-state index contributed by atoms with van der Waals surface area (Å²) in [7, 11) is 0. The molecule has 28 heavy (non-hydrogen) atoms. The fourth-order valence-electron chi connectivity index (χ4n) is 2.74. The van der Waals surface area contributed by atoms with E-state index in [0.29, 0.717) is 23.6 Å². The first-order valence-corrected chi connectivity index (χ1v) is 9.23. The van der Waals surface area contributed by atoms with E-state index in [9.17, 15) is 9.59 Å². The van der Waals surface area contributed by atoms with Gasteiger partial charge in [-0.15, -0.1) is 0 Å². The average Bonchev–Trinajstić information content (AvgIpc) is 2.65. The number of benzene rings is 1. The Morgan fingerprint density at radius 2 is 1.79 bits per heavy atom. The van der Waals surface area contributed by atoms with E-state index in [1.807, 2.05) is 6.08 Å². The van der Waals surface area contributed by atoms with Crippen LogP contribution >= 0.6 is 23.2 Å². The molecule has 9 heteroatoms. The molecule has 2 heterocycles. The number of dihydropyridines is 1. The first kappa shape index (κ1) is 20.0. The van der Waals surface area contributed by atoms with Crippen molar-refractivity contribution in [3.8, 4) is 0 Å². The molecule has 0 atom stereocenters. The summed E-state index contributed by atoms with van der Waals surface area (Å²) < 4.78 is 0. The summed E-state index contributed by atoms with van der Waals surface area (Å²) in [5.41, 5.74) is 2.62. The molecule has 2 amide bonds. The number of amidine groups is 1. The Hall–Kier alpha value is -2.77. The van der Waals surface area contributed by atoms with E-state index in [1.165, 1.54) is 6.20 Å². The molecule has 0 spiro atoms. The monoisotopic (exact) mass is 417 g/mol. The molecule has 0 unspecified atom stereocenters. The molecule has 144 valence electrons. The van der Waals surface area contributed by atoms with E-state index in [4.69, 9.17) is 23.2 Å². The van der Waals surface area contributed by atoms with Gasteiger partial charge in [0.2, 0.25) is 5.28 Å². The van der Waals surface area contributed by atoms with Crippen LogP contribution in [0.1, 0.15) is 38.3 Å². The van der Waals surface area contributed by atoms with Crippen LogP contribution in [0.25, 0.3) is 0 Å². The van der Waals surface area contributed by atoms with Crippen LogP contribution < -0.4 is 10.6 Å². The van der Waals surface area contributed by atoms with E-state index < -0.39 is 5.91 Å². The van der Waals surface area contributed by atoms with Crippen molar-refractivity contribution in [2.45, 2.75) is 20.3 Å². The molecule has 2 N–H and O–H groups in total. The largest absolute Gasteiger partial charge is 0.321 e. The number of aryl methyl sites for hydroxylation is 2. The molecular weight excluding hydrogens is 401 g/mol. The van der Waals surface area contributed by atoms with Gasteiger partial charge in [-0.1, -0.05) is 17.7 Å². The number of hydrogen-bond donors (Lipinski definition) is 2. The standard InChI is InChI=1S/C19H17Cl2N5O2/c1-10-7-12(17(27)24-14-5-3-4-6-22-14)8-11(2)15(10)25-18(28)13-9-23-19(21)26-16(13)20/h3,5,7-9H,4,6H2,1-2H3,(H,25,28)(H,22,24,27). The number of nitrogens with zero attached hydrogens (tertiary/aromatic N) is 3. The van der Waals surface area contributed by atoms with Crippen molar-refractivity contribution < 1.29 is 9.59 Å². The molecule has 2 aromatic rings. The Labute approximate surface area is 171 Å². The van der Waals surface area contributed by atoms with Crippen molar-refractivity contribution in [2.75, 3.05) is 11.9 Å². The zero-order chi connectivity index (χ0) is 20.3. The van der Waals surface area contributed by atoms with Gasteiger partial charge in [0.15, 0.2) is 0 Å². The smallest absolute Gasteiger partial charge is 0.260 e. The van der Waals surface area contributed by atoms with Crippen molar-refractivity contribution in [3.05, 3.63) is 63.2 Å². The maximum absolute atomic E-state index is 12.5. The van der Waals surface area contributed by atoms with Crippen molar-refractivity contribution in [3.63, 3.8) is 0 Å². The lowest BCUT2D eigenvalue weighted by Crippen LogP contribution is -2.30. The van der Waals surface area contributed by atoms with Crippen LogP contribution in [0.2, 0.25) is 10.4 Å². The molecule has 0 saturated carbocycles. The minimum absolute atomic E-state index is 0.0369. The summed E-state index contributed by atoms with van der Waals surface area (Å²) in [5.74, 6) is -0.184. The summed E-state index contributed by atoms with van der Waals surface area (Å²) in [6.07, 6.45) is 5.88. The zero-order valence-corrected chi connectivity index (χ0v) is 16.7. The van der Waals surface area contributed by atoms with E-state index in [-0.39, 0.29) is 21.9 Å². The van der Waals surface area contributed by atoms with Crippen LogP contribution in [-0.2, 0) is 0 Å². The van der Waals surface area contributed by atoms with Crippen molar-refractivity contribution in [1.82, 2.24) is 15.3 Å². The summed E-state index contributed by atoms with van der Waals surface area (Å²) >= 11 is 11.6. The topological polar surface area (TPSA) is 96.3 Å². The number of nitrogens with one attached hydrogen (secondary N) is 2. The average molecular weight is 418 g/mol. The molecule has 7 nitrogen and oxygen atoms in total. The molecule has 1 aliphatic rings. The number of anilines is 1. The van der Waals surface area contributed by atoms with E-state index >= 15 is 0 Å². The first-order valence-electron chi connectivity index (χ1n) is 8.48. The summed E-state index contributed by atoms with van der Waals surface area (Å²) in [4.78, 5) is 36.8. The lowest BCUT2D eigenvalue weighted by atomic mass is 10.0. The minimum Gasteiger partial charge on any atom is -0.321 e. The second kappa shape index (κ2) is 8.50. The third-order valence-corrected chi connectivity index (χ3v) is 4.56. The Balaban J connectivity index is 1.79. The van der Waals surface area contributed by atoms with Gasteiger partial charge in [0, 0.05) is 24.0 Å². The number of halogens is 2. The SMILES string of the molecule is Cc1cc(C(=O)NC2=NCCC=C2)cc(C)c1NC(=O)c1cnc(Cl)nc1Cl. The van der Waals surface area contributed by atoms with Gasteiger partial charge in [-0.3, -0.25) is 14.6 Å². The van der Waals surface area contributed by atoms with Gasteiger partial charge in [0.25, 0.3) is 11.8 Å². The maximum Gasteiger partial charge on any atom is 0.260 e. The Kier molecular flexibility index (Phi) is 6.06. The molecule has 1 aromatic heterocycles. The highest BCUT2D eigenvalue weighted by molar-refractivity contribution is 6.34. The van der Waals surface area contributed by atoms with Crippen LogP contribution in [0.3, 0.4) is 0 Å². The molecule has 1 aromatic carbocycles. The quantitative estimate of drug-likeness (QED) is 0.586. The molecule has 0 radical (unpaired) electrons. The molecule has 0 saturated heterocycles. The number of aromatic nitrogens is 2. The van der Waals surface area contributed by atoms with Gasteiger partial charge in [-0.2, -0.15) is 0 Å². The predicted molar refractivity (Wildman–Crippen MR) is 109 cm³/mol. The van der Waals surface area contributed by atoms with Crippen LogP contribution in [0.15, 0.2) is 35.5 Å². The van der Waals surface area contributed by atoms with Crippen molar-refractivity contribution in [1.29, 1.82) is 0 Å². The lowest BCUT2D eigenvalue weighted by Gasteiger charge is -2.15. The van der Waals surface area contributed by atoms with Gasteiger partial charge in [-0.05, 0) is 61.2 Å². The lowest BCUT2D eigenvalue weighted by molar-refractivity contribution is 0.0976. The third-order valence-electron chi connectivity index (χ3n) is 4.09. The van der Waals surface area contributed by atoms with Gasteiger partial charge in [-0.25, -0.2) is 9.97 Å². The molecule has 0 fully saturated rings. The summed E-state index contributed by atoms with van der Waals surface area (Å²) in [5, 5.41) is 5.49. The van der Waals surface area contributed by atoms with Crippen LogP contribution in [0.5, 0.6) is 0 Å². The summed E-state index contributed by atoms with van der Waals surface area (Å²) in [6, 6.07) is 3.40. The molecule has 1 aliphatic heterocycles. The second-order valence-corrected chi connectivity index (χ2v) is 6.89. The van der Waals surface area contributed by atoms with Crippen LogP contribution in [-0.4, -0.2) is 34.2 Å². The highest BCUT2D eigenvalue weighted by Crippen LogP contribution is 2.24. The van der Waals surface area contributed by atoms with Crippen LogP contribution in [0, 0.1) is 13.8 Å². The first-order chi connectivity index (χ1) is 13.3. The van der Waals surface area contributed by atoms with Crippen LogP contribution in [0.4, 0.5) is 5.69 Å². The number of rotatable bonds is 3. The second-order valence-electron chi connectivity index (χ2n) is 6.19. The number of carbonyl (C=O) groups excluding carboxylic acids is 2. The number of amides is 2. The summed E-state index contributed by atoms with van der Waals surface area (Å²) in [6.45, 7) is 4.26. The number of hydrogen-bond acceptors (Lipinski definition) is 5. The van der Waals surface area contributed by atoms with E-state index in [1.54, 1.807) is 32.1 Å². The predicted octanol–water partition coefficient (Wildman–Crippen LogP) is 3.74. The Bertz CT molecular complexity index is 994. The molecule has 0 aliphatic carbocycles. The number of aliphatic imine (C=N–C) groups is 1. The van der Waals surface area contributed by atoms with E-state index in [2.05, 4.69) is 25.6 Å². The third kappa shape index (κ3) is 4.55. The Morgan fingerprint density at radius 1 is 1.07 bits per heavy atom. The van der Waals surface area contributed by atoms with Crippen molar-refractivity contribution in [2.24, 2.45) is 4.99 Å².